The van der Waals surface area contributed by atoms with E-state index in [9.17, 15) is 0 Å². The zero-order chi connectivity index (χ0) is 13.1. The maximum Gasteiger partial charge on any atom is 0.192 e. The predicted octanol–water partition coefficient (Wildman–Crippen LogP) is 2.49. The van der Waals surface area contributed by atoms with Crippen LogP contribution in [-0.4, -0.2) is 23.6 Å². The summed E-state index contributed by atoms with van der Waals surface area (Å²) in [5.74, 6) is 0. The molecule has 0 unspecified atom stereocenters. The average Bonchev–Trinajstić information content (AvgIpc) is 2.25. The van der Waals surface area contributed by atoms with Gasteiger partial charge in [-0.05, 0) is 30.3 Å². The number of hydrogen-bond donors (Lipinski definition) is 1. The lowest BCUT2D eigenvalue weighted by atomic mass is 10.2. The van der Waals surface area contributed by atoms with Gasteiger partial charge >= 0.3 is 0 Å². The summed E-state index contributed by atoms with van der Waals surface area (Å²) in [5, 5.41) is 17.0. The fourth-order valence-corrected chi connectivity index (χ4v) is 1.96. The Bertz CT molecular complexity index is 358. The highest BCUT2D eigenvalue weighted by molar-refractivity contribution is 6.74. The van der Waals surface area contributed by atoms with Crippen molar-refractivity contribution in [3.05, 3.63) is 23.5 Å². The maximum absolute atomic E-state index is 8.87. The molecule has 0 fully saturated rings. The summed E-state index contributed by atoms with van der Waals surface area (Å²) >= 11 is 0. The van der Waals surface area contributed by atoms with Crippen molar-refractivity contribution in [1.29, 1.82) is 0 Å². The summed E-state index contributed by atoms with van der Waals surface area (Å²) in [6.07, 6.45) is 0. The normalized spacial score (nSPS) is 12.8. The van der Waals surface area contributed by atoms with Crippen molar-refractivity contribution in [3.63, 3.8) is 0 Å². The third kappa shape index (κ3) is 3.87. The van der Waals surface area contributed by atoms with E-state index in [1.165, 1.54) is 0 Å². The van der Waals surface area contributed by atoms with Crippen LogP contribution in [0.5, 0.6) is 0 Å². The van der Waals surface area contributed by atoms with E-state index < -0.39 is 8.32 Å². The van der Waals surface area contributed by atoms with Gasteiger partial charge in [0.2, 0.25) is 0 Å². The first-order valence-electron chi connectivity index (χ1n) is 5.82. The lowest BCUT2D eigenvalue weighted by molar-refractivity contribution is 0.265. The van der Waals surface area contributed by atoms with Crippen LogP contribution in [-0.2, 0) is 17.6 Å². The zero-order valence-electron chi connectivity index (χ0n) is 11.3. The number of aliphatic hydroxyl groups excluding tert-OH is 1. The minimum absolute atomic E-state index is 0.0730. The molecule has 0 radical (unpaired) electrons. The van der Waals surface area contributed by atoms with Gasteiger partial charge in [0.15, 0.2) is 8.32 Å². The first-order valence-corrected chi connectivity index (χ1v) is 8.73. The Morgan fingerprint density at radius 1 is 1.18 bits per heavy atom. The van der Waals surface area contributed by atoms with Crippen molar-refractivity contribution >= 4 is 8.32 Å². The van der Waals surface area contributed by atoms with Crippen LogP contribution < -0.4 is 0 Å². The van der Waals surface area contributed by atoms with Crippen molar-refractivity contribution < 1.29 is 9.53 Å². The van der Waals surface area contributed by atoms with Crippen molar-refractivity contribution in [3.8, 4) is 0 Å². The molecule has 0 aliphatic heterocycles. The van der Waals surface area contributed by atoms with E-state index in [0.717, 1.165) is 5.69 Å². The van der Waals surface area contributed by atoms with Gasteiger partial charge in [-0.15, -0.1) is 0 Å². The van der Waals surface area contributed by atoms with E-state index in [1.54, 1.807) is 6.07 Å². The van der Waals surface area contributed by atoms with Gasteiger partial charge in [-0.1, -0.05) is 20.8 Å². The summed E-state index contributed by atoms with van der Waals surface area (Å²) in [6, 6.07) is 3.63. The Hall–Kier alpha value is -0.783. The van der Waals surface area contributed by atoms with Gasteiger partial charge < -0.3 is 9.53 Å². The van der Waals surface area contributed by atoms with E-state index in [4.69, 9.17) is 9.53 Å². The van der Waals surface area contributed by atoms with Crippen LogP contribution in [0.4, 0.5) is 0 Å². The van der Waals surface area contributed by atoms with E-state index in [-0.39, 0.29) is 11.6 Å². The molecule has 1 aromatic rings. The standard InChI is InChI=1S/C12H22N2O2Si/c1-12(2,3)17(4,5)16-9-11-7-6-10(8-15)13-14-11/h6-7,15H,8-9H2,1-5H3. The molecule has 0 aromatic carbocycles. The second-order valence-electron chi connectivity index (χ2n) is 5.72. The Morgan fingerprint density at radius 3 is 2.12 bits per heavy atom. The Morgan fingerprint density at radius 2 is 1.71 bits per heavy atom. The lowest BCUT2D eigenvalue weighted by Crippen LogP contribution is -2.40. The maximum atomic E-state index is 8.87. The van der Waals surface area contributed by atoms with Gasteiger partial charge in [-0.25, -0.2) is 0 Å². The molecular weight excluding hydrogens is 232 g/mol. The van der Waals surface area contributed by atoms with Crippen molar-refractivity contribution in [2.45, 2.75) is 52.1 Å². The molecule has 4 nitrogen and oxygen atoms in total. The average molecular weight is 254 g/mol. The highest BCUT2D eigenvalue weighted by Gasteiger charge is 2.37. The molecule has 5 heteroatoms. The molecule has 0 saturated carbocycles. The van der Waals surface area contributed by atoms with Crippen LogP contribution >= 0.6 is 0 Å². The topological polar surface area (TPSA) is 55.2 Å². The molecule has 0 amide bonds. The molecule has 0 atom stereocenters. The Kier molecular flexibility index (Phi) is 4.40. The summed E-state index contributed by atoms with van der Waals surface area (Å²) < 4.78 is 6.03. The van der Waals surface area contributed by atoms with Crippen LogP contribution in [0.2, 0.25) is 18.1 Å². The van der Waals surface area contributed by atoms with E-state index in [2.05, 4.69) is 44.1 Å². The van der Waals surface area contributed by atoms with Gasteiger partial charge in [0.25, 0.3) is 0 Å². The zero-order valence-corrected chi connectivity index (χ0v) is 12.3. The first kappa shape index (κ1) is 14.3. The SMILES string of the molecule is CC(C)(C)[Si](C)(C)OCc1ccc(CO)nn1. The van der Waals surface area contributed by atoms with Crippen molar-refractivity contribution in [2.24, 2.45) is 0 Å². The highest BCUT2D eigenvalue weighted by Crippen LogP contribution is 2.36. The van der Waals surface area contributed by atoms with Gasteiger partial charge in [-0.3, -0.25) is 0 Å². The summed E-state index contributed by atoms with van der Waals surface area (Å²) in [4.78, 5) is 0. The molecule has 1 rings (SSSR count). The fourth-order valence-electron chi connectivity index (χ4n) is 1.02. The molecule has 0 bridgehead atoms. The minimum atomic E-state index is -1.73. The summed E-state index contributed by atoms with van der Waals surface area (Å²) in [5.41, 5.74) is 1.40. The quantitative estimate of drug-likeness (QED) is 0.839. The number of aliphatic hydroxyl groups is 1. The van der Waals surface area contributed by atoms with Gasteiger partial charge in [0.1, 0.15) is 0 Å². The number of rotatable bonds is 4. The van der Waals surface area contributed by atoms with Crippen LogP contribution in [0.15, 0.2) is 12.1 Å². The number of aromatic nitrogens is 2. The molecule has 96 valence electrons. The molecule has 1 heterocycles. The van der Waals surface area contributed by atoms with Gasteiger partial charge in [-0.2, -0.15) is 10.2 Å². The van der Waals surface area contributed by atoms with Crippen molar-refractivity contribution in [2.75, 3.05) is 0 Å². The molecular formula is C12H22N2O2Si. The lowest BCUT2D eigenvalue weighted by Gasteiger charge is -2.35. The second-order valence-corrected chi connectivity index (χ2v) is 10.5. The van der Waals surface area contributed by atoms with Gasteiger partial charge in [0, 0.05) is 0 Å². The molecule has 0 spiro atoms. The molecule has 0 saturated heterocycles. The Balaban J connectivity index is 2.61. The molecule has 0 aliphatic carbocycles. The minimum Gasteiger partial charge on any atom is -0.411 e. The molecule has 1 N–H and O–H groups in total. The predicted molar refractivity (Wildman–Crippen MR) is 69.9 cm³/mol. The third-order valence-electron chi connectivity index (χ3n) is 3.32. The molecule has 17 heavy (non-hydrogen) atoms. The fraction of sp³-hybridized carbons (Fsp3) is 0.667. The number of hydrogen-bond acceptors (Lipinski definition) is 4. The Labute approximate surface area is 104 Å². The summed E-state index contributed by atoms with van der Waals surface area (Å²) in [7, 11) is -1.73. The van der Waals surface area contributed by atoms with Crippen LogP contribution in [0.1, 0.15) is 32.2 Å². The molecule has 1 aromatic heterocycles. The second kappa shape index (κ2) is 5.24. The monoisotopic (exact) mass is 254 g/mol. The van der Waals surface area contributed by atoms with E-state index >= 15 is 0 Å². The largest absolute Gasteiger partial charge is 0.411 e. The third-order valence-corrected chi connectivity index (χ3v) is 7.80. The van der Waals surface area contributed by atoms with Crippen LogP contribution in [0.3, 0.4) is 0 Å². The van der Waals surface area contributed by atoms with Crippen LogP contribution in [0, 0.1) is 0 Å². The van der Waals surface area contributed by atoms with E-state index in [1.807, 2.05) is 6.07 Å². The van der Waals surface area contributed by atoms with Crippen LogP contribution in [0.25, 0.3) is 0 Å². The first-order chi connectivity index (χ1) is 7.76. The smallest absolute Gasteiger partial charge is 0.192 e. The van der Waals surface area contributed by atoms with Crippen molar-refractivity contribution in [1.82, 2.24) is 10.2 Å². The van der Waals surface area contributed by atoms with E-state index in [0.29, 0.717) is 12.3 Å². The number of nitrogens with zero attached hydrogens (tertiary/aromatic N) is 2. The summed E-state index contributed by atoms with van der Waals surface area (Å²) in [6.45, 7) is 11.5. The molecule has 0 aliphatic rings. The highest BCUT2D eigenvalue weighted by atomic mass is 28.4. The van der Waals surface area contributed by atoms with Gasteiger partial charge in [0.05, 0.1) is 24.6 Å².